The first-order chi connectivity index (χ1) is 6.88. The number of rotatable bonds is 3. The van der Waals surface area contributed by atoms with Crippen LogP contribution >= 0.6 is 24.2 Å². The van der Waals surface area contributed by atoms with Gasteiger partial charge in [-0.05, 0) is 56.8 Å². The van der Waals surface area contributed by atoms with Crippen LogP contribution in [0, 0.1) is 5.92 Å². The van der Waals surface area contributed by atoms with Crippen LogP contribution in [0.5, 0.6) is 0 Å². The zero-order chi connectivity index (χ0) is 9.80. The van der Waals surface area contributed by atoms with Gasteiger partial charge in [0.2, 0.25) is 0 Å². The van der Waals surface area contributed by atoms with Crippen LogP contribution in [0.15, 0.2) is 0 Å². The summed E-state index contributed by atoms with van der Waals surface area (Å²) < 4.78 is 0. The van der Waals surface area contributed by atoms with Gasteiger partial charge in [0.25, 0.3) is 0 Å². The van der Waals surface area contributed by atoms with Crippen LogP contribution in [0.3, 0.4) is 0 Å². The summed E-state index contributed by atoms with van der Waals surface area (Å²) in [6.07, 6.45) is 4.14. The van der Waals surface area contributed by atoms with Crippen molar-refractivity contribution >= 4 is 24.2 Å². The Morgan fingerprint density at radius 3 is 2.53 bits per heavy atom. The van der Waals surface area contributed by atoms with Crippen LogP contribution < -0.4 is 5.32 Å². The minimum Gasteiger partial charge on any atom is -0.317 e. The lowest BCUT2D eigenvalue weighted by Crippen LogP contribution is -2.42. The number of hydrogen-bond acceptors (Lipinski definition) is 3. The van der Waals surface area contributed by atoms with E-state index >= 15 is 0 Å². The molecule has 0 aliphatic carbocycles. The fourth-order valence-electron chi connectivity index (χ4n) is 2.50. The Bertz CT molecular complexity index is 166. The number of nitrogens with zero attached hydrogens (tertiary/aromatic N) is 1. The van der Waals surface area contributed by atoms with Gasteiger partial charge in [-0.2, -0.15) is 11.8 Å². The second kappa shape index (κ2) is 7.00. The van der Waals surface area contributed by atoms with Crippen molar-refractivity contribution in [2.45, 2.75) is 25.3 Å². The first-order valence-corrected chi connectivity index (χ1v) is 7.01. The molecule has 2 nitrogen and oxygen atoms in total. The average Bonchev–Trinajstić information content (AvgIpc) is 2.72. The second-order valence-electron chi connectivity index (χ2n) is 4.59. The van der Waals surface area contributed by atoms with Crippen LogP contribution in [0.4, 0.5) is 0 Å². The summed E-state index contributed by atoms with van der Waals surface area (Å²) in [5.74, 6) is 3.80. The Morgan fingerprint density at radius 2 is 2.00 bits per heavy atom. The maximum Gasteiger partial charge on any atom is 0.00884 e. The van der Waals surface area contributed by atoms with Gasteiger partial charge in [0.1, 0.15) is 0 Å². The number of likely N-dealkylation sites (tertiary alicyclic amines) is 1. The van der Waals surface area contributed by atoms with E-state index in [-0.39, 0.29) is 12.4 Å². The molecule has 2 saturated heterocycles. The topological polar surface area (TPSA) is 15.3 Å². The van der Waals surface area contributed by atoms with E-state index in [2.05, 4.69) is 29.0 Å². The molecule has 0 amide bonds. The molecule has 0 bridgehead atoms. The summed E-state index contributed by atoms with van der Waals surface area (Å²) in [4.78, 5) is 2.67. The van der Waals surface area contributed by atoms with Gasteiger partial charge in [0, 0.05) is 12.6 Å². The summed E-state index contributed by atoms with van der Waals surface area (Å²) in [5.41, 5.74) is 0. The third-order valence-electron chi connectivity index (χ3n) is 3.54. The van der Waals surface area contributed by atoms with Gasteiger partial charge in [-0.25, -0.2) is 0 Å². The van der Waals surface area contributed by atoms with E-state index < -0.39 is 0 Å². The monoisotopic (exact) mass is 250 g/mol. The predicted octanol–water partition coefficient (Wildman–Crippen LogP) is 1.85. The van der Waals surface area contributed by atoms with Crippen molar-refractivity contribution in [1.29, 1.82) is 0 Å². The molecule has 1 atom stereocenters. The van der Waals surface area contributed by atoms with Gasteiger partial charge in [-0.1, -0.05) is 0 Å². The lowest BCUT2D eigenvalue weighted by Gasteiger charge is -2.33. The van der Waals surface area contributed by atoms with Crippen molar-refractivity contribution in [2.24, 2.45) is 5.92 Å². The standard InChI is InChI=1S/C11H22N2S.ClH/c1-12-11-2-5-13(6-3-11)8-10-4-7-14-9-10;/h10-12H,2-9H2,1H3;1H. The summed E-state index contributed by atoms with van der Waals surface area (Å²) in [6, 6.07) is 0.782. The highest BCUT2D eigenvalue weighted by atomic mass is 35.5. The Balaban J connectivity index is 0.00000112. The van der Waals surface area contributed by atoms with Crippen LogP contribution in [-0.2, 0) is 0 Å². The van der Waals surface area contributed by atoms with E-state index in [9.17, 15) is 0 Å². The van der Waals surface area contributed by atoms with E-state index in [0.717, 1.165) is 12.0 Å². The third kappa shape index (κ3) is 4.14. The smallest absolute Gasteiger partial charge is 0.00884 e. The highest BCUT2D eigenvalue weighted by molar-refractivity contribution is 7.99. The predicted molar refractivity (Wildman–Crippen MR) is 71.2 cm³/mol. The molecule has 2 aliphatic rings. The number of nitrogens with one attached hydrogen (secondary N) is 1. The number of thioether (sulfide) groups is 1. The Kier molecular flexibility index (Phi) is 6.36. The number of halogens is 1. The normalized spacial score (nSPS) is 29.0. The van der Waals surface area contributed by atoms with Crippen molar-refractivity contribution in [2.75, 3.05) is 38.2 Å². The Hall–Kier alpha value is 0.560. The number of hydrogen-bond donors (Lipinski definition) is 1. The quantitative estimate of drug-likeness (QED) is 0.823. The molecular weight excluding hydrogens is 228 g/mol. The van der Waals surface area contributed by atoms with Gasteiger partial charge in [0.15, 0.2) is 0 Å². The maximum absolute atomic E-state index is 3.39. The largest absolute Gasteiger partial charge is 0.317 e. The number of piperidine rings is 1. The van der Waals surface area contributed by atoms with Crippen LogP contribution in [0.25, 0.3) is 0 Å². The molecule has 0 saturated carbocycles. The van der Waals surface area contributed by atoms with Gasteiger partial charge in [-0.3, -0.25) is 0 Å². The lowest BCUT2D eigenvalue weighted by atomic mass is 10.0. The highest BCUT2D eigenvalue weighted by Gasteiger charge is 2.22. The molecule has 0 aromatic rings. The lowest BCUT2D eigenvalue weighted by molar-refractivity contribution is 0.180. The van der Waals surface area contributed by atoms with Crippen molar-refractivity contribution in [1.82, 2.24) is 10.2 Å². The third-order valence-corrected chi connectivity index (χ3v) is 4.77. The van der Waals surface area contributed by atoms with E-state index in [1.165, 1.54) is 50.4 Å². The van der Waals surface area contributed by atoms with Gasteiger partial charge in [-0.15, -0.1) is 12.4 Å². The van der Waals surface area contributed by atoms with Crippen LogP contribution in [0.2, 0.25) is 0 Å². The molecule has 90 valence electrons. The SMILES string of the molecule is CNC1CCN(CC2CCSC2)CC1.Cl. The fourth-order valence-corrected chi connectivity index (χ4v) is 3.77. The second-order valence-corrected chi connectivity index (χ2v) is 5.74. The molecule has 1 unspecified atom stereocenters. The fraction of sp³-hybridized carbons (Fsp3) is 1.00. The molecule has 2 aliphatic heterocycles. The molecule has 2 rings (SSSR count). The molecule has 0 aromatic heterocycles. The average molecular weight is 251 g/mol. The molecule has 1 N–H and O–H groups in total. The summed E-state index contributed by atoms with van der Waals surface area (Å²) in [6.45, 7) is 3.99. The molecule has 4 heteroatoms. The molecule has 2 fully saturated rings. The van der Waals surface area contributed by atoms with Crippen molar-refractivity contribution < 1.29 is 0 Å². The molecule has 0 spiro atoms. The minimum absolute atomic E-state index is 0. The van der Waals surface area contributed by atoms with E-state index in [1.54, 1.807) is 0 Å². The highest BCUT2D eigenvalue weighted by Crippen LogP contribution is 2.25. The zero-order valence-corrected chi connectivity index (χ0v) is 11.2. The summed E-state index contributed by atoms with van der Waals surface area (Å²) in [5, 5.41) is 3.39. The summed E-state index contributed by atoms with van der Waals surface area (Å²) >= 11 is 2.14. The summed E-state index contributed by atoms with van der Waals surface area (Å²) in [7, 11) is 2.09. The van der Waals surface area contributed by atoms with Crippen molar-refractivity contribution in [3.8, 4) is 0 Å². The first-order valence-electron chi connectivity index (χ1n) is 5.86. The van der Waals surface area contributed by atoms with E-state index in [4.69, 9.17) is 0 Å². The molecule has 0 radical (unpaired) electrons. The van der Waals surface area contributed by atoms with Crippen molar-refractivity contribution in [3.05, 3.63) is 0 Å². The molecule has 2 heterocycles. The maximum atomic E-state index is 3.39. The van der Waals surface area contributed by atoms with Gasteiger partial charge < -0.3 is 10.2 Å². The Morgan fingerprint density at radius 1 is 1.27 bits per heavy atom. The first kappa shape index (κ1) is 13.6. The van der Waals surface area contributed by atoms with Crippen molar-refractivity contribution in [3.63, 3.8) is 0 Å². The molecule has 0 aromatic carbocycles. The van der Waals surface area contributed by atoms with Crippen LogP contribution in [0.1, 0.15) is 19.3 Å². The Labute approximate surface area is 104 Å². The van der Waals surface area contributed by atoms with Gasteiger partial charge in [0.05, 0.1) is 0 Å². The van der Waals surface area contributed by atoms with E-state index in [0.29, 0.717) is 0 Å². The van der Waals surface area contributed by atoms with Gasteiger partial charge >= 0.3 is 0 Å². The molecule has 15 heavy (non-hydrogen) atoms. The minimum atomic E-state index is 0. The molecular formula is C11H23ClN2S. The van der Waals surface area contributed by atoms with Crippen LogP contribution in [-0.4, -0.2) is 49.1 Å². The zero-order valence-electron chi connectivity index (χ0n) is 9.58. The van der Waals surface area contributed by atoms with E-state index in [1.807, 2.05) is 0 Å².